The predicted octanol–water partition coefficient (Wildman–Crippen LogP) is 5.14. The van der Waals surface area contributed by atoms with Crippen LogP contribution < -0.4 is 0 Å². The fourth-order valence-corrected chi connectivity index (χ4v) is 3.08. The van der Waals surface area contributed by atoms with Crippen molar-refractivity contribution >= 4 is 0 Å². The van der Waals surface area contributed by atoms with Crippen molar-refractivity contribution in [1.29, 1.82) is 0 Å². The molecule has 0 atom stereocenters. The molecule has 19 heavy (non-hydrogen) atoms. The number of hydrogen-bond acceptors (Lipinski definition) is 0. The molecule has 0 bridgehead atoms. The van der Waals surface area contributed by atoms with Crippen LogP contribution in [0.1, 0.15) is 61.5 Å². The minimum absolute atomic E-state index is 0.0506. The molecule has 2 fully saturated rings. The Morgan fingerprint density at radius 2 is 1.53 bits per heavy atom. The highest BCUT2D eigenvalue weighted by atomic mass is 19.3. The van der Waals surface area contributed by atoms with Gasteiger partial charge in [0, 0.05) is 12.8 Å². The van der Waals surface area contributed by atoms with E-state index >= 15 is 0 Å². The van der Waals surface area contributed by atoms with Crippen molar-refractivity contribution < 1.29 is 17.6 Å². The lowest BCUT2D eigenvalue weighted by molar-refractivity contribution is -0.0382. The van der Waals surface area contributed by atoms with E-state index in [-0.39, 0.29) is 24.7 Å². The fourth-order valence-electron chi connectivity index (χ4n) is 3.08. The molecule has 0 radical (unpaired) electrons. The summed E-state index contributed by atoms with van der Waals surface area (Å²) in [6, 6.07) is 2.73. The first-order chi connectivity index (χ1) is 8.98. The summed E-state index contributed by atoms with van der Waals surface area (Å²) < 4.78 is 53.6. The molecule has 0 aromatic heterocycles. The second kappa shape index (κ2) is 4.50. The van der Waals surface area contributed by atoms with Gasteiger partial charge in [0.25, 0.3) is 0 Å². The van der Waals surface area contributed by atoms with Crippen molar-refractivity contribution in [3.8, 4) is 0 Å². The van der Waals surface area contributed by atoms with Gasteiger partial charge < -0.3 is 0 Å². The first kappa shape index (κ1) is 12.9. The Balaban J connectivity index is 1.91. The van der Waals surface area contributed by atoms with Crippen molar-refractivity contribution in [3.05, 3.63) is 34.9 Å². The van der Waals surface area contributed by atoms with Gasteiger partial charge in [0.15, 0.2) is 11.6 Å². The molecule has 2 saturated carbocycles. The van der Waals surface area contributed by atoms with Gasteiger partial charge in [-0.3, -0.25) is 0 Å². The van der Waals surface area contributed by atoms with Gasteiger partial charge in [-0.1, -0.05) is 6.07 Å². The molecule has 2 aliphatic rings. The molecule has 0 unspecified atom stereocenters. The van der Waals surface area contributed by atoms with E-state index in [1.807, 2.05) is 0 Å². The van der Waals surface area contributed by atoms with Crippen molar-refractivity contribution in [2.75, 3.05) is 0 Å². The molecule has 0 heterocycles. The molecular weight excluding hydrogens is 256 g/mol. The van der Waals surface area contributed by atoms with E-state index in [1.165, 1.54) is 0 Å². The Labute approximate surface area is 109 Å². The third-order valence-electron chi connectivity index (χ3n) is 4.31. The van der Waals surface area contributed by atoms with Crippen LogP contribution in [0.3, 0.4) is 0 Å². The molecule has 0 amide bonds. The van der Waals surface area contributed by atoms with Gasteiger partial charge in [0.05, 0.1) is 0 Å². The summed E-state index contributed by atoms with van der Waals surface area (Å²) in [7, 11) is 0. The Kier molecular flexibility index (Phi) is 3.06. The monoisotopic (exact) mass is 272 g/mol. The van der Waals surface area contributed by atoms with Crippen LogP contribution in [0, 0.1) is 11.6 Å². The highest BCUT2D eigenvalue weighted by Crippen LogP contribution is 2.48. The molecule has 104 valence electrons. The van der Waals surface area contributed by atoms with Crippen molar-refractivity contribution in [3.63, 3.8) is 0 Å². The average molecular weight is 272 g/mol. The van der Waals surface area contributed by atoms with Crippen LogP contribution in [0.5, 0.6) is 0 Å². The molecule has 4 heteroatoms. The molecule has 0 N–H and O–H groups in total. The van der Waals surface area contributed by atoms with Crippen molar-refractivity contribution in [2.24, 2.45) is 0 Å². The summed E-state index contributed by atoms with van der Waals surface area (Å²) in [5.41, 5.74) is 1.21. The van der Waals surface area contributed by atoms with Crippen LogP contribution in [0.15, 0.2) is 12.1 Å². The molecule has 0 aliphatic heterocycles. The van der Waals surface area contributed by atoms with E-state index < -0.39 is 17.6 Å². The summed E-state index contributed by atoms with van der Waals surface area (Å²) >= 11 is 0. The van der Waals surface area contributed by atoms with Gasteiger partial charge >= 0.3 is 0 Å². The van der Waals surface area contributed by atoms with Crippen LogP contribution in [0.25, 0.3) is 0 Å². The second-order valence-electron chi connectivity index (χ2n) is 5.77. The molecular formula is C15H16F4. The minimum atomic E-state index is -2.59. The van der Waals surface area contributed by atoms with E-state index in [4.69, 9.17) is 0 Å². The van der Waals surface area contributed by atoms with E-state index in [1.54, 1.807) is 6.07 Å². The SMILES string of the molecule is Fc1ccc(C2CCC(F)(F)CC2)c(C2CC2)c1F. The largest absolute Gasteiger partial charge is 0.248 e. The quantitative estimate of drug-likeness (QED) is 0.654. The van der Waals surface area contributed by atoms with Gasteiger partial charge in [-0.2, -0.15) is 0 Å². The Hall–Kier alpha value is -1.06. The zero-order valence-electron chi connectivity index (χ0n) is 10.6. The van der Waals surface area contributed by atoms with E-state index in [0.29, 0.717) is 18.4 Å². The van der Waals surface area contributed by atoms with Gasteiger partial charge in [0.1, 0.15) is 0 Å². The van der Waals surface area contributed by atoms with Gasteiger partial charge in [0.2, 0.25) is 5.92 Å². The van der Waals surface area contributed by atoms with Crippen LogP contribution in [0.4, 0.5) is 17.6 Å². The summed E-state index contributed by atoms with van der Waals surface area (Å²) in [5.74, 6) is -4.14. The van der Waals surface area contributed by atoms with Crippen molar-refractivity contribution in [1.82, 2.24) is 0 Å². The fraction of sp³-hybridized carbons (Fsp3) is 0.600. The lowest BCUT2D eigenvalue weighted by Crippen LogP contribution is -2.24. The lowest BCUT2D eigenvalue weighted by Gasteiger charge is -2.30. The highest BCUT2D eigenvalue weighted by molar-refractivity contribution is 5.38. The zero-order chi connectivity index (χ0) is 13.6. The number of alkyl halides is 2. The number of hydrogen-bond donors (Lipinski definition) is 0. The Bertz CT molecular complexity index is 481. The standard InChI is InChI=1S/C15H16F4/c16-12-4-3-11(13(14(12)17)10-1-2-10)9-5-7-15(18,19)8-6-9/h3-4,9-10H,1-2,5-8H2. The summed E-state index contributed by atoms with van der Waals surface area (Å²) in [6.07, 6.45) is 2.16. The maximum absolute atomic E-state index is 13.9. The third-order valence-corrected chi connectivity index (χ3v) is 4.31. The van der Waals surface area contributed by atoms with Crippen molar-refractivity contribution in [2.45, 2.75) is 56.3 Å². The third kappa shape index (κ3) is 2.49. The van der Waals surface area contributed by atoms with E-state index in [2.05, 4.69) is 0 Å². The minimum Gasteiger partial charge on any atom is -0.207 e. The molecule has 2 aliphatic carbocycles. The van der Waals surface area contributed by atoms with E-state index in [0.717, 1.165) is 24.5 Å². The normalized spacial score (nSPS) is 23.6. The van der Waals surface area contributed by atoms with Gasteiger partial charge in [-0.15, -0.1) is 0 Å². The first-order valence-electron chi connectivity index (χ1n) is 6.83. The molecule has 1 aromatic carbocycles. The Morgan fingerprint density at radius 3 is 2.11 bits per heavy atom. The molecule has 3 rings (SSSR count). The van der Waals surface area contributed by atoms with Gasteiger partial charge in [-0.05, 0) is 54.7 Å². The Morgan fingerprint density at radius 1 is 0.895 bits per heavy atom. The lowest BCUT2D eigenvalue weighted by atomic mass is 9.79. The first-order valence-corrected chi connectivity index (χ1v) is 6.83. The van der Waals surface area contributed by atoms with Crippen LogP contribution in [-0.2, 0) is 0 Å². The van der Waals surface area contributed by atoms with Gasteiger partial charge in [-0.25, -0.2) is 17.6 Å². The highest BCUT2D eigenvalue weighted by Gasteiger charge is 2.38. The topological polar surface area (TPSA) is 0 Å². The van der Waals surface area contributed by atoms with E-state index in [9.17, 15) is 17.6 Å². The molecule has 0 spiro atoms. The zero-order valence-corrected chi connectivity index (χ0v) is 10.6. The predicted molar refractivity (Wildman–Crippen MR) is 64.5 cm³/mol. The molecule has 1 aromatic rings. The van der Waals surface area contributed by atoms with Crippen LogP contribution in [0.2, 0.25) is 0 Å². The summed E-state index contributed by atoms with van der Waals surface area (Å²) in [4.78, 5) is 0. The summed E-state index contributed by atoms with van der Waals surface area (Å²) in [5, 5.41) is 0. The second-order valence-corrected chi connectivity index (χ2v) is 5.77. The number of rotatable bonds is 2. The van der Waals surface area contributed by atoms with Crippen LogP contribution in [-0.4, -0.2) is 5.92 Å². The average Bonchev–Trinajstić information content (AvgIpc) is 3.17. The van der Waals surface area contributed by atoms with Crippen LogP contribution >= 0.6 is 0 Å². The summed E-state index contributed by atoms with van der Waals surface area (Å²) in [6.45, 7) is 0. The maximum atomic E-state index is 13.9. The smallest absolute Gasteiger partial charge is 0.207 e. The molecule has 0 nitrogen and oxygen atoms in total. The molecule has 0 saturated heterocycles. The number of benzene rings is 1. The number of halogens is 4. The maximum Gasteiger partial charge on any atom is 0.248 e.